The summed E-state index contributed by atoms with van der Waals surface area (Å²) in [7, 11) is 0. The molecule has 0 spiro atoms. The Balaban J connectivity index is 1.34. The van der Waals surface area contributed by atoms with Crippen LogP contribution in [0.5, 0.6) is 11.5 Å². The Labute approximate surface area is 157 Å². The van der Waals surface area contributed by atoms with Crippen LogP contribution in [0.1, 0.15) is 24.5 Å². The summed E-state index contributed by atoms with van der Waals surface area (Å²) in [6.45, 7) is 1.45. The SMILES string of the molecule is O=C(Nc1cccc(Oc2ccncc2)c1)N1CCC(c2cnc[nH]2)CC1. The quantitative estimate of drug-likeness (QED) is 0.734. The maximum absolute atomic E-state index is 12.6. The Morgan fingerprint density at radius 2 is 1.93 bits per heavy atom. The van der Waals surface area contributed by atoms with Gasteiger partial charge in [-0.15, -0.1) is 0 Å². The first-order chi connectivity index (χ1) is 13.3. The van der Waals surface area contributed by atoms with Crippen molar-refractivity contribution in [3.8, 4) is 11.5 Å². The summed E-state index contributed by atoms with van der Waals surface area (Å²) in [6.07, 6.45) is 8.79. The number of ether oxygens (including phenoxy) is 1. The topological polar surface area (TPSA) is 83.1 Å². The highest BCUT2D eigenvalue weighted by Gasteiger charge is 2.24. The van der Waals surface area contributed by atoms with Crippen LogP contribution >= 0.6 is 0 Å². The number of benzene rings is 1. The number of imidazole rings is 1. The molecule has 3 aromatic rings. The van der Waals surface area contributed by atoms with E-state index in [1.807, 2.05) is 35.4 Å². The minimum absolute atomic E-state index is 0.0841. The third-order valence-electron chi connectivity index (χ3n) is 4.71. The van der Waals surface area contributed by atoms with Crippen molar-refractivity contribution in [1.82, 2.24) is 19.9 Å². The number of aromatic nitrogens is 3. The van der Waals surface area contributed by atoms with Gasteiger partial charge in [0.2, 0.25) is 0 Å². The molecule has 1 aliphatic rings. The van der Waals surface area contributed by atoms with E-state index < -0.39 is 0 Å². The van der Waals surface area contributed by atoms with Crippen LogP contribution in [-0.2, 0) is 0 Å². The molecule has 0 unspecified atom stereocenters. The zero-order chi connectivity index (χ0) is 18.5. The van der Waals surface area contributed by atoms with Crippen molar-refractivity contribution in [3.05, 3.63) is 67.0 Å². The number of likely N-dealkylation sites (tertiary alicyclic amines) is 1. The van der Waals surface area contributed by atoms with Crippen LogP contribution in [0.25, 0.3) is 0 Å². The lowest BCUT2D eigenvalue weighted by Gasteiger charge is -2.31. The third kappa shape index (κ3) is 4.25. The number of nitrogens with zero attached hydrogens (tertiary/aromatic N) is 3. The molecule has 0 atom stereocenters. The number of piperidine rings is 1. The number of hydrogen-bond acceptors (Lipinski definition) is 4. The molecule has 4 rings (SSSR count). The zero-order valence-electron chi connectivity index (χ0n) is 14.8. The Morgan fingerprint density at radius 3 is 2.67 bits per heavy atom. The van der Waals surface area contributed by atoms with Gasteiger partial charge in [0.15, 0.2) is 0 Å². The van der Waals surface area contributed by atoms with E-state index in [1.54, 1.807) is 30.9 Å². The van der Waals surface area contributed by atoms with Gasteiger partial charge in [-0.1, -0.05) is 6.07 Å². The highest BCUT2D eigenvalue weighted by atomic mass is 16.5. The molecule has 2 amide bonds. The third-order valence-corrected chi connectivity index (χ3v) is 4.71. The van der Waals surface area contributed by atoms with Gasteiger partial charge in [0.25, 0.3) is 0 Å². The number of aromatic amines is 1. The highest BCUT2D eigenvalue weighted by Crippen LogP contribution is 2.27. The smallest absolute Gasteiger partial charge is 0.321 e. The summed E-state index contributed by atoms with van der Waals surface area (Å²) in [5, 5.41) is 2.96. The molecule has 1 fully saturated rings. The van der Waals surface area contributed by atoms with Crippen LogP contribution < -0.4 is 10.1 Å². The molecule has 0 aliphatic carbocycles. The second-order valence-corrected chi connectivity index (χ2v) is 6.51. The van der Waals surface area contributed by atoms with Crippen LogP contribution in [0.3, 0.4) is 0 Å². The predicted octanol–water partition coefficient (Wildman–Crippen LogP) is 4.01. The van der Waals surface area contributed by atoms with Gasteiger partial charge in [-0.2, -0.15) is 0 Å². The lowest BCUT2D eigenvalue weighted by molar-refractivity contribution is 0.194. The van der Waals surface area contributed by atoms with Gasteiger partial charge in [-0.05, 0) is 37.1 Å². The predicted molar refractivity (Wildman–Crippen MR) is 102 cm³/mol. The molecule has 1 aliphatic heterocycles. The molecule has 0 radical (unpaired) electrons. The van der Waals surface area contributed by atoms with Crippen molar-refractivity contribution in [2.45, 2.75) is 18.8 Å². The van der Waals surface area contributed by atoms with Gasteiger partial charge in [0.05, 0.1) is 6.33 Å². The minimum atomic E-state index is -0.0841. The molecule has 27 heavy (non-hydrogen) atoms. The molecular weight excluding hydrogens is 342 g/mol. The largest absolute Gasteiger partial charge is 0.457 e. The van der Waals surface area contributed by atoms with Gasteiger partial charge in [0, 0.05) is 55.0 Å². The van der Waals surface area contributed by atoms with Crippen molar-refractivity contribution in [2.75, 3.05) is 18.4 Å². The van der Waals surface area contributed by atoms with E-state index in [0.29, 0.717) is 23.1 Å². The fourth-order valence-electron chi connectivity index (χ4n) is 3.27. The molecule has 2 aromatic heterocycles. The molecule has 1 saturated heterocycles. The Bertz CT molecular complexity index is 874. The maximum Gasteiger partial charge on any atom is 0.321 e. The first-order valence-corrected chi connectivity index (χ1v) is 9.00. The number of anilines is 1. The lowest BCUT2D eigenvalue weighted by Crippen LogP contribution is -2.40. The number of nitrogens with one attached hydrogen (secondary N) is 2. The van der Waals surface area contributed by atoms with Crippen LogP contribution in [0.2, 0.25) is 0 Å². The molecule has 0 bridgehead atoms. The van der Waals surface area contributed by atoms with Gasteiger partial charge >= 0.3 is 6.03 Å². The van der Waals surface area contributed by atoms with E-state index in [9.17, 15) is 4.79 Å². The zero-order valence-corrected chi connectivity index (χ0v) is 14.8. The second kappa shape index (κ2) is 7.90. The number of H-pyrrole nitrogens is 1. The van der Waals surface area contributed by atoms with Crippen molar-refractivity contribution < 1.29 is 9.53 Å². The van der Waals surface area contributed by atoms with Crippen LogP contribution in [0.4, 0.5) is 10.5 Å². The number of urea groups is 1. The van der Waals surface area contributed by atoms with Crippen LogP contribution in [0, 0.1) is 0 Å². The van der Waals surface area contributed by atoms with Crippen LogP contribution in [-0.4, -0.2) is 39.0 Å². The molecule has 3 heterocycles. The average molecular weight is 363 g/mol. The number of hydrogen-bond donors (Lipinski definition) is 2. The van der Waals surface area contributed by atoms with Crippen molar-refractivity contribution in [1.29, 1.82) is 0 Å². The number of carbonyl (C=O) groups excluding carboxylic acids is 1. The number of amides is 2. The lowest BCUT2D eigenvalue weighted by atomic mass is 9.94. The van der Waals surface area contributed by atoms with Gasteiger partial charge in [-0.3, -0.25) is 4.98 Å². The molecule has 2 N–H and O–H groups in total. The summed E-state index contributed by atoms with van der Waals surface area (Å²) < 4.78 is 5.79. The fourth-order valence-corrected chi connectivity index (χ4v) is 3.27. The highest BCUT2D eigenvalue weighted by molar-refractivity contribution is 5.89. The first kappa shape index (κ1) is 17.1. The van der Waals surface area contributed by atoms with E-state index in [-0.39, 0.29) is 6.03 Å². The first-order valence-electron chi connectivity index (χ1n) is 9.00. The fraction of sp³-hybridized carbons (Fsp3) is 0.250. The summed E-state index contributed by atoms with van der Waals surface area (Å²) in [6, 6.07) is 10.9. The minimum Gasteiger partial charge on any atom is -0.457 e. The summed E-state index contributed by atoms with van der Waals surface area (Å²) in [5.74, 6) is 1.81. The monoisotopic (exact) mass is 363 g/mol. The summed E-state index contributed by atoms with van der Waals surface area (Å²) in [5.41, 5.74) is 1.86. The van der Waals surface area contributed by atoms with E-state index in [1.165, 1.54) is 0 Å². The van der Waals surface area contributed by atoms with Crippen LogP contribution in [0.15, 0.2) is 61.3 Å². The molecule has 7 nitrogen and oxygen atoms in total. The van der Waals surface area contributed by atoms with Crippen molar-refractivity contribution >= 4 is 11.7 Å². The number of pyridine rings is 1. The van der Waals surface area contributed by atoms with Gasteiger partial charge in [0.1, 0.15) is 11.5 Å². The van der Waals surface area contributed by atoms with E-state index in [4.69, 9.17) is 4.74 Å². The van der Waals surface area contributed by atoms with Gasteiger partial charge < -0.3 is 19.9 Å². The molecule has 7 heteroatoms. The Kier molecular flexibility index (Phi) is 5.00. The average Bonchev–Trinajstić information content (AvgIpc) is 3.24. The normalized spacial score (nSPS) is 14.7. The molecule has 138 valence electrons. The number of carbonyl (C=O) groups is 1. The molecule has 0 saturated carbocycles. The van der Waals surface area contributed by atoms with E-state index in [2.05, 4.69) is 20.3 Å². The standard InChI is InChI=1S/C20H21N5O2/c26-20(25-10-6-15(7-11-25)19-13-22-14-23-19)24-16-2-1-3-18(12-16)27-17-4-8-21-9-5-17/h1-5,8-9,12-15H,6-7,10-11H2,(H,22,23)(H,24,26). The van der Waals surface area contributed by atoms with Gasteiger partial charge in [-0.25, -0.2) is 9.78 Å². The number of rotatable bonds is 4. The van der Waals surface area contributed by atoms with E-state index in [0.717, 1.165) is 31.6 Å². The van der Waals surface area contributed by atoms with Crippen molar-refractivity contribution in [2.24, 2.45) is 0 Å². The second-order valence-electron chi connectivity index (χ2n) is 6.51. The van der Waals surface area contributed by atoms with E-state index >= 15 is 0 Å². The molecule has 1 aromatic carbocycles. The Hall–Kier alpha value is -3.35. The summed E-state index contributed by atoms with van der Waals surface area (Å²) >= 11 is 0. The summed E-state index contributed by atoms with van der Waals surface area (Å²) in [4.78, 5) is 25.6. The Morgan fingerprint density at radius 1 is 1.11 bits per heavy atom. The maximum atomic E-state index is 12.6. The molecular formula is C20H21N5O2. The van der Waals surface area contributed by atoms with Crippen molar-refractivity contribution in [3.63, 3.8) is 0 Å².